The fourth-order valence-electron chi connectivity index (χ4n) is 7.27. The van der Waals surface area contributed by atoms with Gasteiger partial charge in [-0.25, -0.2) is 13.9 Å². The number of nitrogens with two attached hydrogens (primary N) is 1. The van der Waals surface area contributed by atoms with Crippen molar-refractivity contribution in [2.24, 2.45) is 5.92 Å². The van der Waals surface area contributed by atoms with Crippen LogP contribution >= 0.6 is 15.6 Å². The van der Waals surface area contributed by atoms with Gasteiger partial charge in [0.1, 0.15) is 30.7 Å². The number of esters is 2. The van der Waals surface area contributed by atoms with E-state index in [2.05, 4.69) is 30.1 Å². The van der Waals surface area contributed by atoms with Gasteiger partial charge in [0.2, 0.25) is 0 Å². The van der Waals surface area contributed by atoms with E-state index in [9.17, 15) is 53.7 Å². The largest absolute Gasteiger partial charge is 0.481 e. The third-order valence-corrected chi connectivity index (χ3v) is 14.3. The van der Waals surface area contributed by atoms with E-state index < -0.39 is 95.9 Å². The van der Waals surface area contributed by atoms with Crippen molar-refractivity contribution in [3.63, 3.8) is 0 Å². The van der Waals surface area contributed by atoms with Crippen molar-refractivity contribution in [1.29, 1.82) is 0 Å². The Labute approximate surface area is 419 Å². The van der Waals surface area contributed by atoms with Crippen molar-refractivity contribution in [2.75, 3.05) is 25.6 Å². The van der Waals surface area contributed by atoms with Crippen LogP contribution in [0.4, 0.5) is 5.82 Å². The summed E-state index contributed by atoms with van der Waals surface area (Å²) in [5, 5.41) is 41.2. The molecule has 2 rings (SSSR count). The van der Waals surface area contributed by atoms with E-state index in [-0.39, 0.29) is 31.5 Å². The Balaban J connectivity index is 1.88. The standard InChI is InChI=1S/C49H83N3O17P2/c1-4-6-20-27-39(53)28-22-17-13-11-14-18-23-29-40(54)30-25-32-45(56)67-41(35-64-44(55)31-24-19-15-10-8-7-9-12-16-21-26-38(3)5-2)36-65-70(60,61)69-71(62,63)66-37-42-46(57)47(58)48(68-42)52-34-33-43(50)51-49(52)59/h13-14,17-18,22-23,28-29,33-34,38-42,46-48,53-54,57-58H,4-12,15-16,19-21,24-27,30-32,35-37H2,1-3H3,(H,60,61)(H,62,63)(H2,50,51,59)/b17-13-,18-14-,28-22+,29-23+/t38?,39-,40-,41-,42-,46-,47-,48-/m1/s1. The molecule has 0 bridgehead atoms. The molecule has 0 aliphatic carbocycles. The maximum absolute atomic E-state index is 12.9. The number of hydrogen-bond donors (Lipinski definition) is 7. The number of nitrogens with zero attached hydrogens (tertiary/aromatic N) is 2. The fourth-order valence-corrected chi connectivity index (χ4v) is 9.38. The van der Waals surface area contributed by atoms with E-state index in [0.717, 1.165) is 68.0 Å². The number of phosphoric acid groups is 2. The van der Waals surface area contributed by atoms with E-state index in [1.807, 2.05) is 24.3 Å². The number of aliphatic hydroxyl groups excluding tert-OH is 4. The number of carbonyl (C=O) groups is 2. The van der Waals surface area contributed by atoms with Crippen molar-refractivity contribution in [3.05, 3.63) is 71.4 Å². The molecular weight excluding hydrogens is 964 g/mol. The van der Waals surface area contributed by atoms with Gasteiger partial charge in [0.05, 0.1) is 25.4 Å². The first kappa shape index (κ1) is 63.8. The summed E-state index contributed by atoms with van der Waals surface area (Å²) in [4.78, 5) is 61.9. The number of aromatic nitrogens is 2. The predicted molar refractivity (Wildman–Crippen MR) is 268 cm³/mol. The van der Waals surface area contributed by atoms with Crippen molar-refractivity contribution in [3.8, 4) is 0 Å². The molecule has 0 aromatic carbocycles. The Morgan fingerprint density at radius 1 is 0.775 bits per heavy atom. The first-order valence-electron chi connectivity index (χ1n) is 25.3. The molecule has 0 radical (unpaired) electrons. The zero-order chi connectivity index (χ0) is 52.5. The van der Waals surface area contributed by atoms with Crippen LogP contribution in [-0.2, 0) is 46.3 Å². The lowest BCUT2D eigenvalue weighted by Gasteiger charge is -2.21. The van der Waals surface area contributed by atoms with Crippen molar-refractivity contribution < 1.29 is 76.5 Å². The van der Waals surface area contributed by atoms with Crippen LogP contribution in [0.3, 0.4) is 0 Å². The molecule has 0 amide bonds. The summed E-state index contributed by atoms with van der Waals surface area (Å²) >= 11 is 0. The molecule has 10 atom stereocenters. The Hall–Kier alpha value is -3.36. The molecule has 1 aromatic heterocycles. The number of allylic oxidation sites excluding steroid dienone is 6. The molecule has 22 heteroatoms. The van der Waals surface area contributed by atoms with Crippen LogP contribution in [0.1, 0.15) is 162 Å². The predicted octanol–water partition coefficient (Wildman–Crippen LogP) is 7.96. The van der Waals surface area contributed by atoms with Gasteiger partial charge in [0.25, 0.3) is 0 Å². The molecule has 71 heavy (non-hydrogen) atoms. The normalized spacial score (nSPS) is 20.9. The van der Waals surface area contributed by atoms with Crippen molar-refractivity contribution in [2.45, 2.75) is 198 Å². The summed E-state index contributed by atoms with van der Waals surface area (Å²) < 4.78 is 56.5. The fraction of sp³-hybridized carbons (Fsp3) is 0.714. The van der Waals surface area contributed by atoms with E-state index >= 15 is 0 Å². The molecule has 20 nitrogen and oxygen atoms in total. The SMILES string of the molecule is CCCCC[C@@H](O)/C=C/C=C\C/C=C\C=C\[C@@H](O)CCCC(=O)O[C@H](COC(=O)CCCCCCCCCCCCC(C)CC)COP(=O)(O)OP(=O)(O)OC[C@H]1O[C@@H](n2ccc(N)nc2=O)[C@H](O)[C@@H]1O. The van der Waals surface area contributed by atoms with Gasteiger partial charge >= 0.3 is 33.3 Å². The van der Waals surface area contributed by atoms with Crippen LogP contribution in [0.5, 0.6) is 0 Å². The van der Waals surface area contributed by atoms with E-state index in [1.165, 1.54) is 51.0 Å². The number of hydrogen-bond acceptors (Lipinski definition) is 17. The highest BCUT2D eigenvalue weighted by Crippen LogP contribution is 2.60. The number of aliphatic hydroxyl groups is 4. The second kappa shape index (κ2) is 36.5. The third kappa shape index (κ3) is 29.8. The van der Waals surface area contributed by atoms with Crippen LogP contribution in [0.2, 0.25) is 0 Å². The van der Waals surface area contributed by atoms with Gasteiger partial charge in [-0.05, 0) is 44.1 Å². The first-order chi connectivity index (χ1) is 33.9. The minimum Gasteiger partial charge on any atom is -0.462 e. The number of ether oxygens (including phenoxy) is 3. The number of rotatable bonds is 40. The molecule has 8 N–H and O–H groups in total. The molecular formula is C49H83N3O17P2. The molecule has 1 aliphatic rings. The lowest BCUT2D eigenvalue weighted by molar-refractivity contribution is -0.161. The number of anilines is 1. The number of unbranched alkanes of at least 4 members (excludes halogenated alkanes) is 11. The number of carbonyl (C=O) groups excluding carboxylic acids is 2. The summed E-state index contributed by atoms with van der Waals surface area (Å²) in [6.45, 7) is 4.14. The molecule has 1 aliphatic heterocycles. The van der Waals surface area contributed by atoms with Gasteiger partial charge in [0.15, 0.2) is 12.3 Å². The average molecular weight is 1050 g/mol. The van der Waals surface area contributed by atoms with Crippen molar-refractivity contribution >= 4 is 33.4 Å². The average Bonchev–Trinajstić information content (AvgIpc) is 3.59. The summed E-state index contributed by atoms with van der Waals surface area (Å²) in [6.07, 6.45) is 24.1. The number of nitrogen functional groups attached to an aromatic ring is 1. The lowest BCUT2D eigenvalue weighted by Crippen LogP contribution is -2.36. The van der Waals surface area contributed by atoms with Gasteiger partial charge in [-0.2, -0.15) is 9.29 Å². The maximum atomic E-state index is 12.9. The Kier molecular flexibility index (Phi) is 32.8. The molecule has 1 fully saturated rings. The van der Waals surface area contributed by atoms with Gasteiger partial charge in [-0.1, -0.05) is 159 Å². The monoisotopic (exact) mass is 1050 g/mol. The molecule has 1 aromatic rings. The van der Waals surface area contributed by atoms with Gasteiger partial charge < -0.3 is 50.2 Å². The zero-order valence-electron chi connectivity index (χ0n) is 41.9. The topological polar surface area (TPSA) is 306 Å². The Morgan fingerprint density at radius 3 is 1.94 bits per heavy atom. The van der Waals surface area contributed by atoms with Gasteiger partial charge in [-0.3, -0.25) is 23.2 Å². The molecule has 0 saturated carbocycles. The van der Waals surface area contributed by atoms with Crippen LogP contribution in [0.25, 0.3) is 0 Å². The van der Waals surface area contributed by atoms with Gasteiger partial charge in [0, 0.05) is 19.0 Å². The lowest BCUT2D eigenvalue weighted by atomic mass is 9.99. The highest BCUT2D eigenvalue weighted by molar-refractivity contribution is 7.61. The highest BCUT2D eigenvalue weighted by atomic mass is 31.3. The smallest absolute Gasteiger partial charge is 0.462 e. The van der Waals surface area contributed by atoms with E-state index in [4.69, 9.17) is 29.0 Å². The molecule has 406 valence electrons. The molecule has 0 spiro atoms. The van der Waals surface area contributed by atoms with Gasteiger partial charge in [-0.15, -0.1) is 0 Å². The third-order valence-electron chi connectivity index (χ3n) is 11.7. The Bertz CT molecular complexity index is 1930. The quantitative estimate of drug-likeness (QED) is 0.0142. The van der Waals surface area contributed by atoms with E-state index in [1.54, 1.807) is 24.3 Å². The summed E-state index contributed by atoms with van der Waals surface area (Å²) in [5.41, 5.74) is 4.56. The highest BCUT2D eigenvalue weighted by Gasteiger charge is 2.46. The maximum Gasteiger partial charge on any atom is 0.481 e. The zero-order valence-corrected chi connectivity index (χ0v) is 43.7. The second-order valence-electron chi connectivity index (χ2n) is 18.0. The molecule has 3 unspecified atom stereocenters. The summed E-state index contributed by atoms with van der Waals surface area (Å²) in [5.74, 6) is -0.748. The van der Waals surface area contributed by atoms with Crippen LogP contribution in [0.15, 0.2) is 65.7 Å². The van der Waals surface area contributed by atoms with Crippen LogP contribution in [0, 0.1) is 5.92 Å². The summed E-state index contributed by atoms with van der Waals surface area (Å²) in [7, 11) is -11.0. The van der Waals surface area contributed by atoms with Crippen LogP contribution < -0.4 is 11.4 Å². The minimum absolute atomic E-state index is 0.0774. The molecule has 1 saturated heterocycles. The summed E-state index contributed by atoms with van der Waals surface area (Å²) in [6, 6.07) is 1.23. The second-order valence-corrected chi connectivity index (χ2v) is 21.0. The van der Waals surface area contributed by atoms with E-state index in [0.29, 0.717) is 12.8 Å². The minimum atomic E-state index is -5.48. The number of phosphoric ester groups is 2. The first-order valence-corrected chi connectivity index (χ1v) is 28.3. The van der Waals surface area contributed by atoms with Crippen LogP contribution in [-0.4, -0.2) is 108 Å². The van der Waals surface area contributed by atoms with Crippen molar-refractivity contribution in [1.82, 2.24) is 9.55 Å². The Morgan fingerprint density at radius 2 is 1.34 bits per heavy atom. The molecule has 2 heterocycles.